The number of rotatable bonds is 12. The summed E-state index contributed by atoms with van der Waals surface area (Å²) in [5.74, 6) is 0. The van der Waals surface area contributed by atoms with Gasteiger partial charge in [0, 0.05) is 0 Å². The van der Waals surface area contributed by atoms with Crippen LogP contribution in [0.25, 0.3) is 0 Å². The van der Waals surface area contributed by atoms with E-state index in [1.54, 1.807) is 0 Å². The summed E-state index contributed by atoms with van der Waals surface area (Å²) in [4.78, 5) is 0. The van der Waals surface area contributed by atoms with Crippen molar-refractivity contribution in [2.24, 2.45) is 0 Å². The van der Waals surface area contributed by atoms with Crippen LogP contribution >= 0.6 is 6.83 Å². The van der Waals surface area contributed by atoms with E-state index in [4.69, 9.17) is 3.97 Å². The van der Waals surface area contributed by atoms with E-state index in [0.717, 1.165) is 63.2 Å². The number of hydrogen-bond donors (Lipinski definition) is 1. The molecule has 0 bridgehead atoms. The first-order chi connectivity index (χ1) is 9.26. The van der Waals surface area contributed by atoms with Crippen LogP contribution in [-0.4, -0.2) is 37.6 Å². The van der Waals surface area contributed by atoms with E-state index in [2.05, 4.69) is 20.8 Å². The third-order valence-corrected chi connectivity index (χ3v) is 12.7. The van der Waals surface area contributed by atoms with Gasteiger partial charge in [0.05, 0.1) is 0 Å². The first kappa shape index (κ1) is 20.3. The molecule has 0 spiro atoms. The first-order valence-corrected chi connectivity index (χ1v) is 12.2. The molecule has 0 aromatic heterocycles. The van der Waals surface area contributed by atoms with Crippen molar-refractivity contribution in [1.29, 1.82) is 0 Å². The number of unbranched alkanes of at least 4 members (excludes halogenated alkanes) is 3. The van der Waals surface area contributed by atoms with Crippen LogP contribution in [-0.2, 0) is 14.4 Å². The van der Waals surface area contributed by atoms with E-state index in [1.807, 2.05) is 6.92 Å². The summed E-state index contributed by atoms with van der Waals surface area (Å²) in [5.41, 5.74) is 0. The molecule has 6 heteroatoms. The topological polar surface area (TPSA) is 63.6 Å². The predicted octanol–water partition coefficient (Wildman–Crippen LogP) is 4.69. The zero-order valence-corrected chi connectivity index (χ0v) is 15.3. The Bertz CT molecular complexity index is 343. The standard InChI is InChI=1S/C14H33O4PS/c1-5-9-12-19(8-4,13-10-6-2,14-11-7-3)18-20(15,16)17/h5-14H2,1-4H3,(H,15,16,17). The van der Waals surface area contributed by atoms with Crippen molar-refractivity contribution in [3.8, 4) is 0 Å². The summed E-state index contributed by atoms with van der Waals surface area (Å²) in [7, 11) is -4.39. The minimum atomic E-state index is -4.39. The van der Waals surface area contributed by atoms with E-state index >= 15 is 0 Å². The first-order valence-electron chi connectivity index (χ1n) is 7.96. The van der Waals surface area contributed by atoms with Gasteiger partial charge in [-0.25, -0.2) is 0 Å². The Kier molecular flexibility index (Phi) is 8.80. The molecule has 20 heavy (non-hydrogen) atoms. The van der Waals surface area contributed by atoms with E-state index in [9.17, 15) is 13.0 Å². The summed E-state index contributed by atoms with van der Waals surface area (Å²) in [6.45, 7) is 5.50. The average Bonchev–Trinajstić information content (AvgIpc) is 2.39. The SMILES string of the molecule is CCCCP(CC)(CCCC)(CCCC)OS(=O)(=O)O. The molecule has 0 aliphatic heterocycles. The Morgan fingerprint density at radius 3 is 1.40 bits per heavy atom. The maximum atomic E-state index is 11.5. The van der Waals surface area contributed by atoms with Crippen molar-refractivity contribution in [2.45, 2.75) is 66.2 Å². The Morgan fingerprint density at radius 1 is 0.850 bits per heavy atom. The Balaban J connectivity index is 5.55. The molecule has 0 rings (SSSR count). The summed E-state index contributed by atoms with van der Waals surface area (Å²) >= 11 is 0. The molecule has 0 aliphatic rings. The fourth-order valence-corrected chi connectivity index (χ4v) is 11.3. The van der Waals surface area contributed by atoms with Crippen molar-refractivity contribution in [1.82, 2.24) is 0 Å². The zero-order chi connectivity index (χ0) is 15.7. The van der Waals surface area contributed by atoms with E-state index < -0.39 is 17.2 Å². The predicted molar refractivity (Wildman–Crippen MR) is 89.4 cm³/mol. The molecule has 0 unspecified atom stereocenters. The van der Waals surface area contributed by atoms with Gasteiger partial charge in [0.25, 0.3) is 0 Å². The molecule has 0 fully saturated rings. The molecule has 0 aliphatic carbocycles. The minimum absolute atomic E-state index is 0.741. The van der Waals surface area contributed by atoms with Crippen molar-refractivity contribution < 1.29 is 16.9 Å². The second kappa shape index (κ2) is 8.67. The van der Waals surface area contributed by atoms with Gasteiger partial charge in [-0.15, -0.1) is 0 Å². The van der Waals surface area contributed by atoms with Crippen molar-refractivity contribution in [2.75, 3.05) is 24.6 Å². The van der Waals surface area contributed by atoms with Crippen LogP contribution in [0, 0.1) is 0 Å². The van der Waals surface area contributed by atoms with Crippen LogP contribution in [0.5, 0.6) is 0 Å². The van der Waals surface area contributed by atoms with E-state index in [0.29, 0.717) is 0 Å². The van der Waals surface area contributed by atoms with Gasteiger partial charge >= 0.3 is 125 Å². The summed E-state index contributed by atoms with van der Waals surface area (Å²) in [6.07, 6.45) is 9.15. The maximum absolute atomic E-state index is 11.5. The molecule has 4 nitrogen and oxygen atoms in total. The third kappa shape index (κ3) is 6.38. The van der Waals surface area contributed by atoms with Crippen LogP contribution in [0.4, 0.5) is 0 Å². The summed E-state index contributed by atoms with van der Waals surface area (Å²) in [6, 6.07) is 0. The molecule has 0 heterocycles. The quantitative estimate of drug-likeness (QED) is 0.417. The molecule has 0 saturated heterocycles. The number of hydrogen-bond acceptors (Lipinski definition) is 3. The third-order valence-electron chi connectivity index (χ3n) is 4.34. The van der Waals surface area contributed by atoms with Crippen LogP contribution < -0.4 is 0 Å². The van der Waals surface area contributed by atoms with Gasteiger partial charge in [-0.1, -0.05) is 0 Å². The van der Waals surface area contributed by atoms with E-state index in [-0.39, 0.29) is 0 Å². The van der Waals surface area contributed by atoms with Crippen LogP contribution in [0.1, 0.15) is 66.2 Å². The second-order valence-corrected chi connectivity index (χ2v) is 13.0. The molecule has 0 saturated carbocycles. The Hall–Kier alpha value is 0.300. The molecule has 0 atom stereocenters. The average molecular weight is 328 g/mol. The fourth-order valence-electron chi connectivity index (χ4n) is 2.91. The zero-order valence-electron chi connectivity index (χ0n) is 13.6. The molecular formula is C14H33O4PS. The van der Waals surface area contributed by atoms with Gasteiger partial charge in [0.15, 0.2) is 0 Å². The van der Waals surface area contributed by atoms with Crippen molar-refractivity contribution >= 4 is 17.2 Å². The molecule has 0 amide bonds. The second-order valence-electron chi connectivity index (χ2n) is 5.91. The fraction of sp³-hybridized carbons (Fsp3) is 1.00. The van der Waals surface area contributed by atoms with Gasteiger partial charge in [-0.2, -0.15) is 0 Å². The van der Waals surface area contributed by atoms with Gasteiger partial charge in [-0.05, 0) is 0 Å². The van der Waals surface area contributed by atoms with Gasteiger partial charge < -0.3 is 0 Å². The van der Waals surface area contributed by atoms with Crippen molar-refractivity contribution in [3.63, 3.8) is 0 Å². The Morgan fingerprint density at radius 2 is 1.20 bits per heavy atom. The Labute approximate surface area is 125 Å². The van der Waals surface area contributed by atoms with Gasteiger partial charge in [-0.3, -0.25) is 0 Å². The normalized spacial score (nSPS) is 14.9. The summed E-state index contributed by atoms with van der Waals surface area (Å²) < 4.78 is 37.8. The monoisotopic (exact) mass is 328 g/mol. The van der Waals surface area contributed by atoms with Crippen LogP contribution in [0.3, 0.4) is 0 Å². The molecule has 0 radical (unpaired) electrons. The molecule has 0 aromatic rings. The molecular weight excluding hydrogens is 295 g/mol. The molecule has 1 N–H and O–H groups in total. The van der Waals surface area contributed by atoms with E-state index in [1.165, 1.54) is 0 Å². The molecule has 0 aromatic carbocycles. The van der Waals surface area contributed by atoms with Crippen LogP contribution in [0.15, 0.2) is 0 Å². The van der Waals surface area contributed by atoms with Gasteiger partial charge in [0.2, 0.25) is 0 Å². The molecule has 124 valence electrons. The summed E-state index contributed by atoms with van der Waals surface area (Å²) in [5, 5.41) is 0. The van der Waals surface area contributed by atoms with Gasteiger partial charge in [0.1, 0.15) is 0 Å². The van der Waals surface area contributed by atoms with Crippen LogP contribution in [0.2, 0.25) is 0 Å². The van der Waals surface area contributed by atoms with Crippen molar-refractivity contribution in [3.05, 3.63) is 0 Å².